The molecular weight excluding hydrogens is 519 g/mol. The van der Waals surface area contributed by atoms with Crippen LogP contribution in [0.1, 0.15) is 75.8 Å². The Kier molecular flexibility index (Phi) is 7.93. The number of piperidine rings is 1. The third kappa shape index (κ3) is 5.88. The maximum absolute atomic E-state index is 6.43. The van der Waals surface area contributed by atoms with Gasteiger partial charge in [-0.3, -0.25) is 0 Å². The van der Waals surface area contributed by atoms with Crippen LogP contribution in [0, 0.1) is 5.92 Å². The van der Waals surface area contributed by atoms with E-state index in [0.29, 0.717) is 30.0 Å². The summed E-state index contributed by atoms with van der Waals surface area (Å²) in [6.45, 7) is 1.86. The molecule has 3 aromatic rings. The first kappa shape index (κ1) is 26.1. The molecule has 0 unspecified atom stereocenters. The summed E-state index contributed by atoms with van der Waals surface area (Å²) in [7, 11) is 0. The molecule has 10 heteroatoms. The standard InChI is InChI=1S/C28H38Cl2N8/c29-20-5-10-24(30)19(16-20)15-18-11-13-37(14-12-18)36-26-25-27(38(17-32-25)23-3-1-2-4-23)35-28(34-26)33-22-8-6-21(31)7-9-22/h5,10,16-18,21-23H,1-4,6-9,11-15,31H2,(H2,33,34,35,36). The molecule has 0 bridgehead atoms. The molecule has 0 atom stereocenters. The maximum Gasteiger partial charge on any atom is 0.227 e. The fourth-order valence-corrected chi connectivity index (χ4v) is 6.75. The van der Waals surface area contributed by atoms with Crippen molar-refractivity contribution in [2.75, 3.05) is 23.8 Å². The van der Waals surface area contributed by atoms with Gasteiger partial charge in [-0.25, -0.2) is 9.99 Å². The van der Waals surface area contributed by atoms with E-state index in [1.165, 1.54) is 25.7 Å². The van der Waals surface area contributed by atoms with Crippen LogP contribution in [0.3, 0.4) is 0 Å². The van der Waals surface area contributed by atoms with Crippen LogP contribution in [-0.4, -0.2) is 49.7 Å². The molecule has 8 nitrogen and oxygen atoms in total. The number of aromatic nitrogens is 4. The number of nitrogens with two attached hydrogens (primary N) is 1. The Morgan fingerprint density at radius 1 is 0.947 bits per heavy atom. The van der Waals surface area contributed by atoms with Crippen LogP contribution in [0.25, 0.3) is 11.2 Å². The van der Waals surface area contributed by atoms with Crippen molar-refractivity contribution < 1.29 is 0 Å². The van der Waals surface area contributed by atoms with Gasteiger partial charge < -0.3 is 21.0 Å². The summed E-state index contributed by atoms with van der Waals surface area (Å²) in [6.07, 6.45) is 14.2. The average Bonchev–Trinajstić information content (AvgIpc) is 3.59. The lowest BCUT2D eigenvalue weighted by Gasteiger charge is -2.32. The lowest BCUT2D eigenvalue weighted by molar-refractivity contribution is 0.216. The second-order valence-electron chi connectivity index (χ2n) is 11.4. The number of hydrazine groups is 1. The molecule has 3 fully saturated rings. The van der Waals surface area contributed by atoms with Crippen LogP contribution in [0.2, 0.25) is 10.0 Å². The van der Waals surface area contributed by atoms with Crippen LogP contribution in [0.4, 0.5) is 11.8 Å². The van der Waals surface area contributed by atoms with E-state index in [2.05, 4.69) is 20.3 Å². The number of anilines is 2. The van der Waals surface area contributed by atoms with Crippen LogP contribution in [0.5, 0.6) is 0 Å². The van der Waals surface area contributed by atoms with Crippen molar-refractivity contribution in [1.82, 2.24) is 24.5 Å². The lowest BCUT2D eigenvalue weighted by Crippen LogP contribution is -2.39. The van der Waals surface area contributed by atoms with Gasteiger partial charge in [0.25, 0.3) is 0 Å². The Morgan fingerprint density at radius 2 is 1.71 bits per heavy atom. The van der Waals surface area contributed by atoms with E-state index >= 15 is 0 Å². The third-order valence-corrected chi connectivity index (χ3v) is 9.24. The van der Waals surface area contributed by atoms with E-state index in [4.69, 9.17) is 43.9 Å². The fourth-order valence-electron chi connectivity index (χ4n) is 6.36. The zero-order chi connectivity index (χ0) is 26.1. The summed E-state index contributed by atoms with van der Waals surface area (Å²) in [5, 5.41) is 7.44. The van der Waals surface area contributed by atoms with Crippen molar-refractivity contribution in [3.8, 4) is 0 Å². The van der Waals surface area contributed by atoms with E-state index in [9.17, 15) is 0 Å². The highest BCUT2D eigenvalue weighted by Gasteiger charge is 2.26. The van der Waals surface area contributed by atoms with Crippen LogP contribution >= 0.6 is 23.2 Å². The number of nitrogens with one attached hydrogen (secondary N) is 2. The number of hydrogen-bond acceptors (Lipinski definition) is 7. The van der Waals surface area contributed by atoms with Crippen LogP contribution in [-0.2, 0) is 6.42 Å². The van der Waals surface area contributed by atoms with Crippen molar-refractivity contribution in [3.63, 3.8) is 0 Å². The summed E-state index contributed by atoms with van der Waals surface area (Å²) < 4.78 is 2.28. The Balaban J connectivity index is 1.18. The summed E-state index contributed by atoms with van der Waals surface area (Å²) in [5.41, 5.74) is 12.7. The SMILES string of the molecule is NC1CCC(Nc2nc(NN3CCC(Cc4cc(Cl)ccc4Cl)CC3)c3ncn(C4CCCC4)c3n2)CC1. The van der Waals surface area contributed by atoms with Crippen LogP contribution in [0.15, 0.2) is 24.5 Å². The predicted molar refractivity (Wildman–Crippen MR) is 155 cm³/mol. The van der Waals surface area contributed by atoms with Gasteiger partial charge in [0.2, 0.25) is 5.95 Å². The van der Waals surface area contributed by atoms with E-state index in [0.717, 1.165) is 90.6 Å². The molecule has 1 aliphatic heterocycles. The van der Waals surface area contributed by atoms with Crippen molar-refractivity contribution in [1.29, 1.82) is 0 Å². The van der Waals surface area contributed by atoms with Crippen molar-refractivity contribution in [2.45, 2.75) is 88.8 Å². The topological polar surface area (TPSA) is 96.9 Å². The predicted octanol–water partition coefficient (Wildman–Crippen LogP) is 6.21. The summed E-state index contributed by atoms with van der Waals surface area (Å²) in [4.78, 5) is 14.7. The number of benzene rings is 1. The highest BCUT2D eigenvalue weighted by Crippen LogP contribution is 2.34. The molecule has 204 valence electrons. The van der Waals surface area contributed by atoms with E-state index in [-0.39, 0.29) is 0 Å². The van der Waals surface area contributed by atoms with Crippen LogP contribution < -0.4 is 16.5 Å². The van der Waals surface area contributed by atoms with Gasteiger partial charge in [0.15, 0.2) is 17.0 Å². The first-order chi connectivity index (χ1) is 18.5. The largest absolute Gasteiger partial charge is 0.351 e. The average molecular weight is 558 g/mol. The maximum atomic E-state index is 6.43. The highest BCUT2D eigenvalue weighted by atomic mass is 35.5. The molecule has 0 spiro atoms. The van der Waals surface area contributed by atoms with Crippen molar-refractivity contribution >= 4 is 46.1 Å². The smallest absolute Gasteiger partial charge is 0.227 e. The monoisotopic (exact) mass is 556 g/mol. The number of fused-ring (bicyclic) bond motifs is 1. The molecule has 38 heavy (non-hydrogen) atoms. The van der Waals surface area contributed by atoms with Crippen molar-refractivity contribution in [2.24, 2.45) is 11.7 Å². The minimum Gasteiger partial charge on any atom is -0.351 e. The van der Waals surface area contributed by atoms with Gasteiger partial charge in [0.05, 0.1) is 6.33 Å². The van der Waals surface area contributed by atoms with Gasteiger partial charge in [0, 0.05) is 41.3 Å². The molecular formula is C28H38Cl2N8. The molecule has 3 aliphatic rings. The van der Waals surface area contributed by atoms with Gasteiger partial charge in [-0.05, 0) is 87.5 Å². The second kappa shape index (κ2) is 11.5. The Labute approximate surface area is 234 Å². The highest BCUT2D eigenvalue weighted by molar-refractivity contribution is 6.33. The van der Waals surface area contributed by atoms with E-state index < -0.39 is 0 Å². The zero-order valence-corrected chi connectivity index (χ0v) is 23.4. The molecule has 1 aromatic carbocycles. The zero-order valence-electron chi connectivity index (χ0n) is 21.9. The summed E-state index contributed by atoms with van der Waals surface area (Å²) in [5.74, 6) is 2.05. The molecule has 2 saturated carbocycles. The molecule has 2 aliphatic carbocycles. The minimum absolute atomic E-state index is 0.315. The van der Waals surface area contributed by atoms with Gasteiger partial charge >= 0.3 is 0 Å². The van der Waals surface area contributed by atoms with Gasteiger partial charge in [0.1, 0.15) is 0 Å². The molecule has 0 amide bonds. The Bertz CT molecular complexity index is 1240. The molecule has 0 radical (unpaired) electrons. The van der Waals surface area contributed by atoms with Gasteiger partial charge in [-0.15, -0.1) is 0 Å². The summed E-state index contributed by atoms with van der Waals surface area (Å²) >= 11 is 12.6. The van der Waals surface area contributed by atoms with Gasteiger partial charge in [-0.1, -0.05) is 36.0 Å². The number of imidazole rings is 1. The Morgan fingerprint density at radius 3 is 2.47 bits per heavy atom. The number of nitrogens with zero attached hydrogens (tertiary/aromatic N) is 5. The molecule has 1 saturated heterocycles. The Hall–Kier alpha value is -2.13. The van der Waals surface area contributed by atoms with Gasteiger partial charge in [-0.2, -0.15) is 9.97 Å². The van der Waals surface area contributed by atoms with Crippen molar-refractivity contribution in [3.05, 3.63) is 40.1 Å². The summed E-state index contributed by atoms with van der Waals surface area (Å²) in [6, 6.07) is 6.89. The molecule has 3 heterocycles. The quantitative estimate of drug-likeness (QED) is 0.318. The lowest BCUT2D eigenvalue weighted by atomic mass is 9.91. The molecule has 2 aromatic heterocycles. The minimum atomic E-state index is 0.315. The third-order valence-electron chi connectivity index (χ3n) is 8.64. The first-order valence-electron chi connectivity index (χ1n) is 14.2. The van der Waals surface area contributed by atoms with E-state index in [1.54, 1.807) is 0 Å². The first-order valence-corrected chi connectivity index (χ1v) is 15.0. The second-order valence-corrected chi connectivity index (χ2v) is 12.2. The molecule has 6 rings (SSSR count). The number of rotatable bonds is 7. The van der Waals surface area contributed by atoms with E-state index in [1.807, 2.05) is 24.5 Å². The fraction of sp³-hybridized carbons (Fsp3) is 0.607. The molecule has 4 N–H and O–H groups in total. The normalized spacial score (nSPS) is 23.8. The number of halogens is 2. The number of hydrogen-bond donors (Lipinski definition) is 3.